The van der Waals surface area contributed by atoms with E-state index in [1.165, 1.54) is 33.7 Å². The van der Waals surface area contributed by atoms with E-state index in [4.69, 9.17) is 30.0 Å². The number of carbonyl (C=O) groups is 1. The summed E-state index contributed by atoms with van der Waals surface area (Å²) in [5, 5.41) is 19.8. The molecule has 0 bridgehead atoms. The molecule has 2 amide bonds. The zero-order valence-electron chi connectivity index (χ0n) is 20.1. The quantitative estimate of drug-likeness (QED) is 0.304. The third kappa shape index (κ3) is 5.50. The van der Waals surface area contributed by atoms with E-state index in [0.717, 1.165) is 0 Å². The van der Waals surface area contributed by atoms with Crippen LogP contribution >= 0.6 is 0 Å². The maximum absolute atomic E-state index is 12.5. The number of urea groups is 1. The zero-order valence-corrected chi connectivity index (χ0v) is 20.1. The van der Waals surface area contributed by atoms with Crippen molar-refractivity contribution in [3.05, 3.63) is 59.4 Å². The second-order valence-corrected chi connectivity index (χ2v) is 7.57. The van der Waals surface area contributed by atoms with Gasteiger partial charge in [-0.1, -0.05) is 11.2 Å². The topological polar surface area (TPSA) is 154 Å². The van der Waals surface area contributed by atoms with Gasteiger partial charge in [0.25, 0.3) is 12.3 Å². The van der Waals surface area contributed by atoms with Crippen LogP contribution in [0.3, 0.4) is 0 Å². The van der Waals surface area contributed by atoms with E-state index in [2.05, 4.69) is 30.6 Å². The van der Waals surface area contributed by atoms with Crippen LogP contribution in [-0.4, -0.2) is 54.2 Å². The molecule has 13 heteroatoms. The Morgan fingerprint density at radius 3 is 2.62 bits per heavy atom. The molecule has 0 aliphatic rings. The van der Waals surface area contributed by atoms with Crippen LogP contribution in [0.15, 0.2) is 53.3 Å². The number of anilines is 2. The Labute approximate surface area is 210 Å². The number of nitrogens with one attached hydrogen (secondary N) is 2. The number of aromatic nitrogens is 3. The van der Waals surface area contributed by atoms with Crippen molar-refractivity contribution in [1.82, 2.24) is 15.1 Å². The normalized spacial score (nSPS) is 12.3. The van der Waals surface area contributed by atoms with Crippen molar-refractivity contribution in [1.29, 1.82) is 0 Å². The number of methoxy groups -OCH3 is 3. The molecule has 0 aliphatic heterocycles. The molecule has 0 saturated carbocycles. The number of hydrogen-bond donors (Lipinski definition) is 3. The van der Waals surface area contributed by atoms with Gasteiger partial charge in [0, 0.05) is 31.0 Å². The van der Waals surface area contributed by atoms with Gasteiger partial charge in [0.15, 0.2) is 23.9 Å². The summed E-state index contributed by atoms with van der Waals surface area (Å²) in [6.07, 6.45) is 1.37. The van der Waals surface area contributed by atoms with Crippen LogP contribution in [0, 0.1) is 6.57 Å². The van der Waals surface area contributed by atoms with Gasteiger partial charge >= 0.3 is 11.8 Å². The molecule has 2 heterocycles. The van der Waals surface area contributed by atoms with Crippen LogP contribution in [0.1, 0.15) is 5.76 Å². The third-order valence-electron chi connectivity index (χ3n) is 5.12. The van der Waals surface area contributed by atoms with Crippen molar-refractivity contribution in [3.8, 4) is 29.7 Å². The molecule has 13 nitrogen and oxygen atoms in total. The second kappa shape index (κ2) is 10.8. The number of fused-ring (bicyclic) bond motifs is 1. The van der Waals surface area contributed by atoms with Gasteiger partial charge in [-0.05, 0) is 23.0 Å². The summed E-state index contributed by atoms with van der Waals surface area (Å²) in [6.45, 7) is 4.98. The lowest BCUT2D eigenvalue weighted by Crippen LogP contribution is -2.26. The van der Waals surface area contributed by atoms with Crippen LogP contribution in [0.2, 0.25) is 0 Å². The van der Waals surface area contributed by atoms with Gasteiger partial charge in [-0.25, -0.2) is 14.8 Å². The third-order valence-corrected chi connectivity index (χ3v) is 5.12. The average molecular weight is 507 g/mol. The van der Waals surface area contributed by atoms with Gasteiger partial charge in [0.05, 0.1) is 25.1 Å². The Morgan fingerprint density at radius 2 is 1.89 bits per heavy atom. The largest absolute Gasteiger partial charge is 0.493 e. The highest BCUT2D eigenvalue weighted by molar-refractivity contribution is 5.99. The Balaban J connectivity index is 1.48. The van der Waals surface area contributed by atoms with Gasteiger partial charge < -0.3 is 33.9 Å². The predicted octanol–water partition coefficient (Wildman–Crippen LogP) is 3.83. The number of rotatable bonds is 9. The molecule has 4 aromatic rings. The molecule has 1 unspecified atom stereocenters. The first-order valence-electron chi connectivity index (χ1n) is 10.7. The lowest BCUT2D eigenvalue weighted by atomic mass is 10.2. The van der Waals surface area contributed by atoms with Crippen molar-refractivity contribution in [3.63, 3.8) is 0 Å². The lowest BCUT2D eigenvalue weighted by molar-refractivity contribution is -0.0176. The molecular weight excluding hydrogens is 484 g/mol. The highest BCUT2D eigenvalue weighted by Gasteiger charge is 2.45. The number of ether oxygens (including phenoxy) is 4. The monoisotopic (exact) mass is 507 g/mol. The number of benzene rings is 2. The first-order valence-corrected chi connectivity index (χ1v) is 10.7. The summed E-state index contributed by atoms with van der Waals surface area (Å²) < 4.78 is 26.6. The highest BCUT2D eigenvalue weighted by Crippen LogP contribution is 2.36. The van der Waals surface area contributed by atoms with E-state index in [1.54, 1.807) is 36.4 Å². The second-order valence-electron chi connectivity index (χ2n) is 7.57. The average Bonchev–Trinajstić information content (AvgIpc) is 3.37. The lowest BCUT2D eigenvalue weighted by Gasteiger charge is -2.12. The molecule has 2 aromatic carbocycles. The molecule has 37 heavy (non-hydrogen) atoms. The Kier molecular flexibility index (Phi) is 7.33. The van der Waals surface area contributed by atoms with E-state index < -0.39 is 11.8 Å². The van der Waals surface area contributed by atoms with E-state index in [1.807, 2.05) is 0 Å². The molecule has 0 aliphatic carbocycles. The van der Waals surface area contributed by atoms with Crippen molar-refractivity contribution in [2.45, 2.75) is 5.72 Å². The van der Waals surface area contributed by atoms with Crippen molar-refractivity contribution in [2.75, 3.05) is 38.6 Å². The van der Waals surface area contributed by atoms with Crippen LogP contribution < -0.4 is 24.8 Å². The molecule has 1 atom stereocenters. The Bertz CT molecular complexity index is 1470. The van der Waals surface area contributed by atoms with Crippen LogP contribution in [0.5, 0.6) is 23.1 Å². The van der Waals surface area contributed by atoms with Gasteiger partial charge in [-0.15, -0.1) is 0 Å². The van der Waals surface area contributed by atoms with E-state index >= 15 is 0 Å². The minimum Gasteiger partial charge on any atom is -0.493 e. The summed E-state index contributed by atoms with van der Waals surface area (Å²) in [7, 11) is 4.43. The van der Waals surface area contributed by atoms with Crippen LogP contribution in [0.25, 0.3) is 15.7 Å². The summed E-state index contributed by atoms with van der Waals surface area (Å²) in [6, 6.07) is 10.8. The highest BCUT2D eigenvalue weighted by atomic mass is 16.5. The van der Waals surface area contributed by atoms with E-state index in [9.17, 15) is 9.90 Å². The minimum absolute atomic E-state index is 0.0231. The minimum atomic E-state index is -1.94. The Hall–Kier alpha value is -4.93. The van der Waals surface area contributed by atoms with Crippen molar-refractivity contribution in [2.24, 2.45) is 0 Å². The van der Waals surface area contributed by atoms with Crippen LogP contribution in [0.4, 0.5) is 16.3 Å². The Morgan fingerprint density at radius 1 is 1.11 bits per heavy atom. The molecular formula is C24H23N6O7+. The maximum atomic E-state index is 12.5. The molecule has 0 saturated heterocycles. The van der Waals surface area contributed by atoms with Gasteiger partial charge in [0.1, 0.15) is 12.1 Å². The number of aliphatic hydroxyl groups is 1. The summed E-state index contributed by atoms with van der Waals surface area (Å²) in [4.78, 5) is 24.3. The van der Waals surface area contributed by atoms with Crippen molar-refractivity contribution < 1.29 is 33.4 Å². The summed E-state index contributed by atoms with van der Waals surface area (Å²) in [5.74, 6) is 1.64. The van der Waals surface area contributed by atoms with Gasteiger partial charge in [-0.2, -0.15) is 0 Å². The first kappa shape index (κ1) is 25.2. The predicted molar refractivity (Wildman–Crippen MR) is 132 cm³/mol. The first-order chi connectivity index (χ1) is 17.9. The summed E-state index contributed by atoms with van der Waals surface area (Å²) in [5.41, 5.74) is -0.920. The smallest absolute Gasteiger partial charge is 0.466 e. The maximum Gasteiger partial charge on any atom is 0.466 e. The molecule has 190 valence electrons. The number of amides is 2. The number of nitrogens with zero attached hydrogens (tertiary/aromatic N) is 4. The molecule has 4 rings (SSSR count). The zero-order chi connectivity index (χ0) is 26.4. The van der Waals surface area contributed by atoms with Crippen LogP contribution in [-0.2, 0) is 10.5 Å². The molecule has 0 spiro atoms. The molecule has 0 radical (unpaired) electrons. The fourth-order valence-corrected chi connectivity index (χ4v) is 3.36. The summed E-state index contributed by atoms with van der Waals surface area (Å²) >= 11 is 0. The molecule has 2 aromatic heterocycles. The number of hydrogen-bond acceptors (Lipinski definition) is 10. The fourth-order valence-electron chi connectivity index (χ4n) is 3.36. The van der Waals surface area contributed by atoms with E-state index in [0.29, 0.717) is 33.8 Å². The molecule has 0 fully saturated rings. The SMILES string of the molecule is C#[N+]C(O)(COC)c1cc(NC(=O)Nc2cccc(Oc3ncnc4cc(OC)c(OC)cc34)c2)no1. The van der Waals surface area contributed by atoms with Gasteiger partial charge in [0.2, 0.25) is 5.88 Å². The fraction of sp³-hybridized carbons (Fsp3) is 0.208. The standard InChI is InChI=1S/C24H22N6O7/c1-25-24(32,12-33-2)20-11-21(30-37-20)29-23(31)28-14-6-5-7-15(8-14)36-22-16-9-18(34-3)19(35-4)10-17(16)26-13-27-22/h1,5-11,13,32H,12H2,2-4H3,(H-,28,29,30,31)/p+1. The van der Waals surface area contributed by atoms with Crippen molar-refractivity contribution >= 4 is 28.4 Å². The van der Waals surface area contributed by atoms with Gasteiger partial charge in [-0.3, -0.25) is 5.32 Å². The number of carbonyl (C=O) groups excluding carboxylic acids is 1. The van der Waals surface area contributed by atoms with E-state index in [-0.39, 0.29) is 24.1 Å². The molecule has 3 N–H and O–H groups in total.